The van der Waals surface area contributed by atoms with Crippen LogP contribution in [0.5, 0.6) is 17.2 Å². The first-order chi connectivity index (χ1) is 17.6. The predicted octanol–water partition coefficient (Wildman–Crippen LogP) is 6.55. The third-order valence-corrected chi connectivity index (χ3v) is 6.50. The molecule has 4 rings (SSSR count). The van der Waals surface area contributed by atoms with E-state index >= 15 is 0 Å². The minimum Gasteiger partial charge on any atom is -0.492 e. The molecule has 9 heteroatoms. The normalized spacial score (nSPS) is 14.3. The number of pyridine rings is 1. The van der Waals surface area contributed by atoms with E-state index in [1.54, 1.807) is 47.5 Å². The lowest BCUT2D eigenvalue weighted by molar-refractivity contribution is 0.0177. The van der Waals surface area contributed by atoms with Crippen LogP contribution < -0.4 is 15.2 Å². The summed E-state index contributed by atoms with van der Waals surface area (Å²) in [5, 5.41) is 10.9. The molecule has 1 aliphatic rings. The lowest BCUT2D eigenvalue weighted by Crippen LogP contribution is -2.41. The second-order valence-electron chi connectivity index (χ2n) is 10.1. The molecule has 2 heterocycles. The van der Waals surface area contributed by atoms with Gasteiger partial charge in [0, 0.05) is 36.8 Å². The van der Waals surface area contributed by atoms with Crippen LogP contribution in [0.2, 0.25) is 5.02 Å². The minimum absolute atomic E-state index is 0.257. The summed E-state index contributed by atoms with van der Waals surface area (Å²) in [6.45, 7) is 7.43. The Morgan fingerprint density at radius 2 is 1.95 bits per heavy atom. The van der Waals surface area contributed by atoms with Gasteiger partial charge in [0.1, 0.15) is 28.9 Å². The molecule has 1 aliphatic heterocycles. The highest BCUT2D eigenvalue weighted by Gasteiger charge is 2.26. The largest absolute Gasteiger partial charge is 0.492 e. The highest BCUT2D eigenvalue weighted by Crippen LogP contribution is 2.35. The van der Waals surface area contributed by atoms with Gasteiger partial charge in [-0.1, -0.05) is 11.6 Å². The third-order valence-electron chi connectivity index (χ3n) is 6.17. The number of nitrogens with zero attached hydrogens (tertiary/aromatic N) is 3. The number of aromatic nitrogens is 1. The number of carbonyl (C=O) groups excluding carboxylic acids is 1. The van der Waals surface area contributed by atoms with Gasteiger partial charge in [0.05, 0.1) is 28.4 Å². The van der Waals surface area contributed by atoms with Gasteiger partial charge < -0.3 is 24.8 Å². The first-order valence-corrected chi connectivity index (χ1v) is 12.7. The minimum atomic E-state index is -0.494. The zero-order valence-electron chi connectivity index (χ0n) is 21.3. The number of nitrogen functional groups attached to an aromatic ring is 1. The van der Waals surface area contributed by atoms with E-state index in [2.05, 4.69) is 11.1 Å². The summed E-state index contributed by atoms with van der Waals surface area (Å²) in [6, 6.07) is 12.5. The number of piperidine rings is 1. The summed E-state index contributed by atoms with van der Waals surface area (Å²) in [5.74, 6) is 2.00. The molecule has 37 heavy (non-hydrogen) atoms. The molecule has 2 N–H and O–H groups in total. The van der Waals surface area contributed by atoms with E-state index in [4.69, 9.17) is 31.5 Å². The molecule has 1 saturated heterocycles. The summed E-state index contributed by atoms with van der Waals surface area (Å²) in [4.78, 5) is 18.5. The zero-order valence-corrected chi connectivity index (χ0v) is 22.0. The third kappa shape index (κ3) is 6.75. The number of likely N-dealkylation sites (tertiary alicyclic amines) is 1. The van der Waals surface area contributed by atoms with Crippen molar-refractivity contribution in [3.05, 3.63) is 53.2 Å². The molecule has 8 nitrogen and oxygen atoms in total. The van der Waals surface area contributed by atoms with Gasteiger partial charge in [0.15, 0.2) is 0 Å². The fourth-order valence-electron chi connectivity index (χ4n) is 4.21. The lowest BCUT2D eigenvalue weighted by atomic mass is 9.94. The maximum atomic E-state index is 12.3. The zero-order chi connectivity index (χ0) is 26.6. The first-order valence-electron chi connectivity index (χ1n) is 12.3. The fraction of sp³-hybridized carbons (Fsp3) is 0.393. The Balaban J connectivity index is 1.38. The van der Waals surface area contributed by atoms with Crippen molar-refractivity contribution in [2.45, 2.75) is 45.6 Å². The van der Waals surface area contributed by atoms with Crippen molar-refractivity contribution in [2.24, 2.45) is 5.92 Å². The van der Waals surface area contributed by atoms with E-state index in [0.717, 1.165) is 19.3 Å². The Labute approximate surface area is 221 Å². The van der Waals surface area contributed by atoms with Crippen molar-refractivity contribution in [3.8, 4) is 23.3 Å². The summed E-state index contributed by atoms with van der Waals surface area (Å²) in [7, 11) is 0. The van der Waals surface area contributed by atoms with E-state index in [-0.39, 0.29) is 6.09 Å². The van der Waals surface area contributed by atoms with Gasteiger partial charge in [0.2, 0.25) is 0 Å². The highest BCUT2D eigenvalue weighted by molar-refractivity contribution is 6.33. The van der Waals surface area contributed by atoms with Gasteiger partial charge in [-0.15, -0.1) is 0 Å². The molecule has 0 atom stereocenters. The molecular formula is C28H31ClN4O4. The van der Waals surface area contributed by atoms with E-state index in [0.29, 0.717) is 70.0 Å². The van der Waals surface area contributed by atoms with Crippen LogP contribution in [0.1, 0.15) is 45.6 Å². The molecule has 1 aromatic heterocycles. The monoisotopic (exact) mass is 522 g/mol. The van der Waals surface area contributed by atoms with Crippen LogP contribution in [0.4, 0.5) is 10.5 Å². The maximum absolute atomic E-state index is 12.3. The second kappa shape index (κ2) is 11.1. The number of halogens is 1. The molecule has 0 unspecified atom stereocenters. The standard InChI is InChI=1S/C28H31ClN4O4/c1-28(2,3)37-27(34)33-11-7-18(8-12-33)9-13-35-26-16-24-21(14-19(26)17-30)25(6-10-32-24)36-20-4-5-23(31)22(29)15-20/h4-6,10,14-16,18H,7-9,11-13,31H2,1-3H3. The molecule has 0 bridgehead atoms. The molecular weight excluding hydrogens is 492 g/mol. The number of anilines is 1. The van der Waals surface area contributed by atoms with Crippen LogP contribution in [0.25, 0.3) is 10.9 Å². The summed E-state index contributed by atoms with van der Waals surface area (Å²) >= 11 is 6.12. The van der Waals surface area contributed by atoms with Gasteiger partial charge in [-0.25, -0.2) is 4.79 Å². The number of nitriles is 1. The number of rotatable bonds is 6. The number of benzene rings is 2. The van der Waals surface area contributed by atoms with Crippen molar-refractivity contribution >= 4 is 34.3 Å². The Kier molecular flexibility index (Phi) is 7.94. The Hall–Kier alpha value is -3.70. The van der Waals surface area contributed by atoms with Gasteiger partial charge in [-0.3, -0.25) is 4.98 Å². The fourth-order valence-corrected chi connectivity index (χ4v) is 4.38. The number of amides is 1. The van der Waals surface area contributed by atoms with Crippen LogP contribution >= 0.6 is 11.6 Å². The van der Waals surface area contributed by atoms with E-state index in [9.17, 15) is 10.1 Å². The van der Waals surface area contributed by atoms with Crippen LogP contribution in [-0.4, -0.2) is 41.3 Å². The average Bonchev–Trinajstić information content (AvgIpc) is 2.85. The van der Waals surface area contributed by atoms with Crippen molar-refractivity contribution in [3.63, 3.8) is 0 Å². The quantitative estimate of drug-likeness (QED) is 0.365. The van der Waals surface area contributed by atoms with E-state index in [1.165, 1.54) is 0 Å². The average molecular weight is 523 g/mol. The van der Waals surface area contributed by atoms with Crippen molar-refractivity contribution < 1.29 is 19.0 Å². The predicted molar refractivity (Wildman–Crippen MR) is 143 cm³/mol. The van der Waals surface area contributed by atoms with Crippen LogP contribution in [0.15, 0.2) is 42.6 Å². The van der Waals surface area contributed by atoms with E-state index < -0.39 is 5.60 Å². The number of hydrogen-bond donors (Lipinski definition) is 1. The maximum Gasteiger partial charge on any atom is 0.410 e. The van der Waals surface area contributed by atoms with Crippen LogP contribution in [0, 0.1) is 17.2 Å². The summed E-state index contributed by atoms with van der Waals surface area (Å²) in [6.07, 6.45) is 4.00. The molecule has 0 spiro atoms. The Morgan fingerprint density at radius 1 is 1.19 bits per heavy atom. The first kappa shape index (κ1) is 26.4. The number of hydrogen-bond acceptors (Lipinski definition) is 7. The molecule has 0 radical (unpaired) electrons. The SMILES string of the molecule is CC(C)(C)OC(=O)N1CCC(CCOc2cc3nccc(Oc4ccc(N)c(Cl)c4)c3cc2C#N)CC1. The molecule has 1 amide bonds. The van der Waals surface area contributed by atoms with Crippen molar-refractivity contribution in [1.82, 2.24) is 9.88 Å². The molecule has 2 aromatic carbocycles. The molecule has 194 valence electrons. The second-order valence-corrected chi connectivity index (χ2v) is 10.5. The molecule has 3 aromatic rings. The van der Waals surface area contributed by atoms with Crippen LogP contribution in [0.3, 0.4) is 0 Å². The Bertz CT molecular complexity index is 1320. The van der Waals surface area contributed by atoms with Crippen molar-refractivity contribution in [1.29, 1.82) is 5.26 Å². The van der Waals surface area contributed by atoms with Gasteiger partial charge in [-0.05, 0) is 70.2 Å². The number of fused-ring (bicyclic) bond motifs is 1. The smallest absolute Gasteiger partial charge is 0.410 e. The molecule has 0 saturated carbocycles. The topological polar surface area (TPSA) is 111 Å². The lowest BCUT2D eigenvalue weighted by Gasteiger charge is -2.33. The van der Waals surface area contributed by atoms with Gasteiger partial charge in [-0.2, -0.15) is 5.26 Å². The van der Waals surface area contributed by atoms with Crippen LogP contribution in [-0.2, 0) is 4.74 Å². The summed E-state index contributed by atoms with van der Waals surface area (Å²) in [5.41, 5.74) is 6.81. The van der Waals surface area contributed by atoms with Crippen molar-refractivity contribution in [2.75, 3.05) is 25.4 Å². The number of ether oxygens (including phenoxy) is 3. The highest BCUT2D eigenvalue weighted by atomic mass is 35.5. The molecule has 1 fully saturated rings. The number of carbonyl (C=O) groups is 1. The Morgan fingerprint density at radius 3 is 2.62 bits per heavy atom. The van der Waals surface area contributed by atoms with Gasteiger partial charge >= 0.3 is 6.09 Å². The molecule has 0 aliphatic carbocycles. The van der Waals surface area contributed by atoms with Gasteiger partial charge in [0.25, 0.3) is 0 Å². The summed E-state index contributed by atoms with van der Waals surface area (Å²) < 4.78 is 17.5. The number of nitrogens with two attached hydrogens (primary N) is 1. The van der Waals surface area contributed by atoms with E-state index in [1.807, 2.05) is 20.8 Å².